The maximum atomic E-state index is 8.65. The van der Waals surface area contributed by atoms with Crippen LogP contribution in [0.1, 0.15) is 6.92 Å². The van der Waals surface area contributed by atoms with Crippen LogP contribution >= 0.6 is 0 Å². The van der Waals surface area contributed by atoms with E-state index >= 15 is 0 Å². The summed E-state index contributed by atoms with van der Waals surface area (Å²) in [6.07, 6.45) is 0. The van der Waals surface area contributed by atoms with Gasteiger partial charge < -0.3 is 4.90 Å². The fraction of sp³-hybridized carbons (Fsp3) is 0.875. The Balaban J connectivity index is 2.34. The predicted octanol–water partition coefficient (Wildman–Crippen LogP) is 0.146. The second kappa shape index (κ2) is 3.70. The molecule has 1 heterocycles. The van der Waals surface area contributed by atoms with Gasteiger partial charge in [0.2, 0.25) is 0 Å². The minimum atomic E-state index is 0.0868. The molecule has 0 aromatic heterocycles. The molecule has 1 fully saturated rings. The van der Waals surface area contributed by atoms with E-state index in [1.165, 1.54) is 0 Å². The molecule has 1 saturated heterocycles. The second-order valence-corrected chi connectivity index (χ2v) is 3.14. The van der Waals surface area contributed by atoms with Crippen molar-refractivity contribution in [3.63, 3.8) is 0 Å². The molecule has 1 aliphatic heterocycles. The largest absolute Gasteiger partial charge is 0.304 e. The molecule has 0 spiro atoms. The molecule has 0 unspecified atom stereocenters. The average Bonchev–Trinajstić information content (AvgIpc) is 2.05. The van der Waals surface area contributed by atoms with Crippen molar-refractivity contribution in [3.8, 4) is 6.07 Å². The second-order valence-electron chi connectivity index (χ2n) is 3.14. The van der Waals surface area contributed by atoms with Gasteiger partial charge in [0, 0.05) is 26.2 Å². The highest BCUT2D eigenvalue weighted by atomic mass is 15.3. The maximum Gasteiger partial charge on any atom is 0.0950 e. The SMILES string of the molecule is C[C@@H](C#N)N1CCN(C)CC1. The van der Waals surface area contributed by atoms with Crippen LogP contribution in [0.15, 0.2) is 0 Å². The summed E-state index contributed by atoms with van der Waals surface area (Å²) in [5.74, 6) is 0. The van der Waals surface area contributed by atoms with Crippen molar-refractivity contribution in [2.75, 3.05) is 33.2 Å². The molecule has 3 heteroatoms. The predicted molar refractivity (Wildman–Crippen MR) is 44.1 cm³/mol. The highest BCUT2D eigenvalue weighted by molar-refractivity contribution is 4.89. The molecular formula is C8H15N3. The summed E-state index contributed by atoms with van der Waals surface area (Å²) in [4.78, 5) is 4.51. The molecule has 1 rings (SSSR count). The molecule has 3 nitrogen and oxygen atoms in total. The lowest BCUT2D eigenvalue weighted by atomic mass is 10.2. The van der Waals surface area contributed by atoms with Gasteiger partial charge in [-0.2, -0.15) is 5.26 Å². The Labute approximate surface area is 68.2 Å². The van der Waals surface area contributed by atoms with E-state index in [-0.39, 0.29) is 6.04 Å². The van der Waals surface area contributed by atoms with Gasteiger partial charge in [-0.05, 0) is 14.0 Å². The highest BCUT2D eigenvalue weighted by Crippen LogP contribution is 2.03. The Morgan fingerprint density at radius 3 is 2.27 bits per heavy atom. The van der Waals surface area contributed by atoms with Crippen molar-refractivity contribution in [3.05, 3.63) is 0 Å². The smallest absolute Gasteiger partial charge is 0.0950 e. The molecule has 0 aromatic carbocycles. The lowest BCUT2D eigenvalue weighted by Gasteiger charge is -2.33. The highest BCUT2D eigenvalue weighted by Gasteiger charge is 2.17. The normalized spacial score (nSPS) is 24.5. The van der Waals surface area contributed by atoms with Gasteiger partial charge >= 0.3 is 0 Å². The Morgan fingerprint density at radius 2 is 1.82 bits per heavy atom. The third kappa shape index (κ3) is 2.18. The molecule has 0 radical (unpaired) electrons. The van der Waals surface area contributed by atoms with Crippen molar-refractivity contribution in [1.29, 1.82) is 5.26 Å². The van der Waals surface area contributed by atoms with Crippen molar-refractivity contribution in [2.45, 2.75) is 13.0 Å². The van der Waals surface area contributed by atoms with E-state index in [2.05, 4.69) is 22.9 Å². The van der Waals surface area contributed by atoms with Gasteiger partial charge in [-0.15, -0.1) is 0 Å². The maximum absolute atomic E-state index is 8.65. The molecule has 0 amide bonds. The number of nitrogens with zero attached hydrogens (tertiary/aromatic N) is 3. The van der Waals surface area contributed by atoms with Crippen LogP contribution in [-0.4, -0.2) is 49.1 Å². The van der Waals surface area contributed by atoms with Gasteiger partial charge in [0.05, 0.1) is 12.1 Å². The Hall–Kier alpha value is -0.590. The summed E-state index contributed by atoms with van der Waals surface area (Å²) in [5.41, 5.74) is 0. The van der Waals surface area contributed by atoms with Crippen LogP contribution in [0, 0.1) is 11.3 Å². The first-order chi connectivity index (χ1) is 5.24. The first-order valence-electron chi connectivity index (χ1n) is 4.06. The molecule has 0 bridgehead atoms. The number of hydrogen-bond acceptors (Lipinski definition) is 3. The van der Waals surface area contributed by atoms with E-state index in [1.54, 1.807) is 0 Å². The van der Waals surface area contributed by atoms with E-state index in [4.69, 9.17) is 5.26 Å². The van der Waals surface area contributed by atoms with Crippen LogP contribution < -0.4 is 0 Å². The fourth-order valence-electron chi connectivity index (χ4n) is 1.29. The minimum absolute atomic E-state index is 0.0868. The lowest BCUT2D eigenvalue weighted by molar-refractivity contribution is 0.139. The molecule has 0 aromatic rings. The third-order valence-electron chi connectivity index (χ3n) is 2.27. The number of nitriles is 1. The lowest BCUT2D eigenvalue weighted by Crippen LogP contribution is -2.47. The zero-order valence-corrected chi connectivity index (χ0v) is 7.25. The van der Waals surface area contributed by atoms with Crippen LogP contribution in [0.2, 0.25) is 0 Å². The van der Waals surface area contributed by atoms with Gasteiger partial charge in [0.1, 0.15) is 0 Å². The quantitative estimate of drug-likeness (QED) is 0.537. The first-order valence-corrected chi connectivity index (χ1v) is 4.06. The summed E-state index contributed by atoms with van der Waals surface area (Å²) in [7, 11) is 2.12. The number of rotatable bonds is 1. The van der Waals surface area contributed by atoms with Crippen LogP contribution in [0.5, 0.6) is 0 Å². The van der Waals surface area contributed by atoms with Crippen molar-refractivity contribution in [2.24, 2.45) is 0 Å². The van der Waals surface area contributed by atoms with Gasteiger partial charge in [-0.25, -0.2) is 0 Å². The average molecular weight is 153 g/mol. The van der Waals surface area contributed by atoms with E-state index in [1.807, 2.05) is 6.92 Å². The van der Waals surface area contributed by atoms with Gasteiger partial charge in [0.25, 0.3) is 0 Å². The zero-order chi connectivity index (χ0) is 8.27. The van der Waals surface area contributed by atoms with Gasteiger partial charge in [-0.1, -0.05) is 0 Å². The summed E-state index contributed by atoms with van der Waals surface area (Å²) in [5, 5.41) is 8.65. The molecule has 0 N–H and O–H groups in total. The molecule has 1 aliphatic rings. The van der Waals surface area contributed by atoms with Crippen molar-refractivity contribution < 1.29 is 0 Å². The van der Waals surface area contributed by atoms with E-state index < -0.39 is 0 Å². The Morgan fingerprint density at radius 1 is 1.27 bits per heavy atom. The Kier molecular flexibility index (Phi) is 2.86. The van der Waals surface area contributed by atoms with E-state index in [0.29, 0.717) is 0 Å². The monoisotopic (exact) mass is 153 g/mol. The van der Waals surface area contributed by atoms with Crippen LogP contribution in [0.25, 0.3) is 0 Å². The Bertz CT molecular complexity index is 153. The summed E-state index contributed by atoms with van der Waals surface area (Å²) in [6, 6.07) is 2.34. The van der Waals surface area contributed by atoms with Gasteiger partial charge in [-0.3, -0.25) is 4.90 Å². The number of hydrogen-bond donors (Lipinski definition) is 0. The summed E-state index contributed by atoms with van der Waals surface area (Å²) in [6.45, 7) is 6.21. The fourth-order valence-corrected chi connectivity index (χ4v) is 1.29. The van der Waals surface area contributed by atoms with E-state index in [0.717, 1.165) is 26.2 Å². The van der Waals surface area contributed by atoms with Crippen LogP contribution in [0.4, 0.5) is 0 Å². The third-order valence-corrected chi connectivity index (χ3v) is 2.27. The van der Waals surface area contributed by atoms with Crippen LogP contribution in [0.3, 0.4) is 0 Å². The molecule has 0 aliphatic carbocycles. The topological polar surface area (TPSA) is 30.3 Å². The molecule has 62 valence electrons. The number of piperazine rings is 1. The molecule has 11 heavy (non-hydrogen) atoms. The van der Waals surface area contributed by atoms with E-state index in [9.17, 15) is 0 Å². The summed E-state index contributed by atoms with van der Waals surface area (Å²) < 4.78 is 0. The standard InChI is InChI=1S/C8H15N3/c1-8(7-9)11-5-3-10(2)4-6-11/h8H,3-6H2,1-2H3/t8-/m0/s1. The van der Waals surface area contributed by atoms with Crippen LogP contribution in [-0.2, 0) is 0 Å². The zero-order valence-electron chi connectivity index (χ0n) is 7.25. The first kappa shape index (κ1) is 8.51. The number of likely N-dealkylation sites (N-methyl/N-ethyl adjacent to an activating group) is 1. The molecule has 1 atom stereocenters. The van der Waals surface area contributed by atoms with Crippen molar-refractivity contribution in [1.82, 2.24) is 9.80 Å². The minimum Gasteiger partial charge on any atom is -0.304 e. The molecule has 0 saturated carbocycles. The molecular weight excluding hydrogens is 138 g/mol. The summed E-state index contributed by atoms with van der Waals surface area (Å²) >= 11 is 0. The van der Waals surface area contributed by atoms with Gasteiger partial charge in [0.15, 0.2) is 0 Å². The van der Waals surface area contributed by atoms with Crippen molar-refractivity contribution >= 4 is 0 Å².